The molecule has 0 aliphatic carbocycles. The molecule has 0 amide bonds. The van der Waals surface area contributed by atoms with Crippen LogP contribution >= 0.6 is 0 Å². The molecule has 62 valence electrons. The molecule has 1 fully saturated rings. The van der Waals surface area contributed by atoms with Gasteiger partial charge in [0.25, 0.3) is 7.41 Å². The first-order valence-corrected chi connectivity index (χ1v) is 4.14. The van der Waals surface area contributed by atoms with Crippen LogP contribution in [0.5, 0.6) is 0 Å². The predicted octanol–water partition coefficient (Wildman–Crippen LogP) is -0.361. The molecule has 0 aromatic rings. The van der Waals surface area contributed by atoms with Crippen LogP contribution in [0.15, 0.2) is 0 Å². The highest BCUT2D eigenvalue weighted by molar-refractivity contribution is 6.64. The van der Waals surface area contributed by atoms with Gasteiger partial charge < -0.3 is 14.3 Å². The lowest BCUT2D eigenvalue weighted by Gasteiger charge is -2.30. The number of hydrogen-bond acceptors (Lipinski definition) is 3. The number of hydrogen-bond donors (Lipinski definition) is 0. The van der Waals surface area contributed by atoms with Gasteiger partial charge in [0.15, 0.2) is 0 Å². The zero-order chi connectivity index (χ0) is 8.10. The first kappa shape index (κ1) is 8.75. The van der Waals surface area contributed by atoms with Gasteiger partial charge in [0, 0.05) is 13.1 Å². The summed E-state index contributed by atoms with van der Waals surface area (Å²) in [5.41, 5.74) is 0. The molecule has 1 atom stereocenters. The average Bonchev–Trinajstić information content (AvgIpc) is 2.06. The van der Waals surface area contributed by atoms with Crippen molar-refractivity contribution in [3.05, 3.63) is 0 Å². The second kappa shape index (κ2) is 4.52. The Labute approximate surface area is 68.0 Å². The van der Waals surface area contributed by atoms with E-state index in [-0.39, 0.29) is 0 Å². The van der Waals surface area contributed by atoms with Crippen LogP contribution in [0.4, 0.5) is 0 Å². The lowest BCUT2D eigenvalue weighted by atomic mass is 9.93. The van der Waals surface area contributed by atoms with Gasteiger partial charge in [-0.25, -0.2) is 0 Å². The van der Waals surface area contributed by atoms with Gasteiger partial charge in [0.05, 0.1) is 18.9 Å². The van der Waals surface area contributed by atoms with Crippen molar-refractivity contribution in [1.29, 1.82) is 0 Å². The van der Waals surface area contributed by atoms with Gasteiger partial charge in [0.2, 0.25) is 0 Å². The number of nitrogens with zero attached hydrogens (tertiary/aromatic N) is 1. The molecule has 4 heteroatoms. The molecule has 0 radical (unpaired) electrons. The second-order valence-electron chi connectivity index (χ2n) is 2.83. The Hall–Kier alpha value is -0.345. The monoisotopic (exact) mass is 155 g/mol. The fourth-order valence-electron chi connectivity index (χ4n) is 1.30. The molecule has 1 aliphatic rings. The molecular formula is C7H14BNO2. The van der Waals surface area contributed by atoms with E-state index in [1.54, 1.807) is 0 Å². The van der Waals surface area contributed by atoms with E-state index in [2.05, 4.69) is 11.7 Å². The van der Waals surface area contributed by atoms with Gasteiger partial charge in [-0.3, -0.25) is 0 Å². The van der Waals surface area contributed by atoms with Gasteiger partial charge in [0.1, 0.15) is 0 Å². The molecule has 0 spiro atoms. The molecule has 1 saturated heterocycles. The third kappa shape index (κ3) is 2.63. The summed E-state index contributed by atoms with van der Waals surface area (Å²) in [5, 5.41) is 0. The quantitative estimate of drug-likeness (QED) is 0.411. The van der Waals surface area contributed by atoms with Crippen molar-refractivity contribution >= 4 is 13.6 Å². The molecule has 0 N–H and O–H groups in total. The Kier molecular flexibility index (Phi) is 3.59. The predicted molar refractivity (Wildman–Crippen MR) is 45.5 cm³/mol. The number of morpholine rings is 1. The zero-order valence-electron chi connectivity index (χ0n) is 6.95. The normalized spacial score (nSPS) is 26.5. The van der Waals surface area contributed by atoms with Crippen molar-refractivity contribution in [3.63, 3.8) is 0 Å². The summed E-state index contributed by atoms with van der Waals surface area (Å²) in [6.45, 7) is 4.69. The maximum absolute atomic E-state index is 10.2. The van der Waals surface area contributed by atoms with Crippen LogP contribution in [0.2, 0.25) is 0 Å². The first-order valence-electron chi connectivity index (χ1n) is 4.14. The maximum Gasteiger partial charge on any atom is 0.281 e. The molecule has 1 rings (SSSR count). The van der Waals surface area contributed by atoms with Crippen LogP contribution < -0.4 is 0 Å². The van der Waals surface area contributed by atoms with Gasteiger partial charge >= 0.3 is 0 Å². The highest BCUT2D eigenvalue weighted by atomic mass is 16.5. The van der Waals surface area contributed by atoms with Crippen molar-refractivity contribution in [1.82, 2.24) is 4.81 Å². The minimum Gasteiger partial charge on any atom is -0.376 e. The topological polar surface area (TPSA) is 29.5 Å². The Morgan fingerprint density at radius 1 is 1.82 bits per heavy atom. The fraction of sp³-hybridized carbons (Fsp3) is 0.857. The Morgan fingerprint density at radius 2 is 2.64 bits per heavy atom. The zero-order valence-corrected chi connectivity index (χ0v) is 6.95. The van der Waals surface area contributed by atoms with Gasteiger partial charge in [-0.2, -0.15) is 0 Å². The van der Waals surface area contributed by atoms with E-state index in [0.29, 0.717) is 13.5 Å². The van der Waals surface area contributed by atoms with E-state index in [9.17, 15) is 4.79 Å². The lowest BCUT2D eigenvalue weighted by Crippen LogP contribution is -2.44. The van der Waals surface area contributed by atoms with Gasteiger partial charge in [-0.15, -0.1) is 0 Å². The largest absolute Gasteiger partial charge is 0.376 e. The second-order valence-corrected chi connectivity index (χ2v) is 2.83. The summed E-state index contributed by atoms with van der Waals surface area (Å²) in [5.74, 6) is 0. The highest BCUT2D eigenvalue weighted by Gasteiger charge is 2.18. The molecule has 1 heterocycles. The fourth-order valence-corrected chi connectivity index (χ4v) is 1.30. The van der Waals surface area contributed by atoms with E-state index in [1.807, 2.05) is 0 Å². The number of ether oxygens (including phenoxy) is 1. The van der Waals surface area contributed by atoms with E-state index < -0.39 is 0 Å². The molecule has 0 aromatic heterocycles. The third-order valence-corrected chi connectivity index (χ3v) is 2.01. The molecule has 1 aliphatic heterocycles. The molecule has 0 bridgehead atoms. The summed E-state index contributed by atoms with van der Waals surface area (Å²) in [7, 11) is 0.555. The average molecular weight is 155 g/mol. The Morgan fingerprint density at radius 3 is 3.27 bits per heavy atom. The van der Waals surface area contributed by atoms with Crippen LogP contribution in [0.25, 0.3) is 0 Å². The van der Waals surface area contributed by atoms with Crippen LogP contribution in [0.3, 0.4) is 0 Å². The minimum atomic E-state index is 0.337. The van der Waals surface area contributed by atoms with Crippen molar-refractivity contribution in [3.8, 4) is 0 Å². The summed E-state index contributed by atoms with van der Waals surface area (Å²) in [6.07, 6.45) is 2.33. The molecule has 3 nitrogen and oxygen atoms in total. The van der Waals surface area contributed by atoms with Crippen molar-refractivity contribution in [2.45, 2.75) is 19.4 Å². The number of rotatable bonds is 3. The van der Waals surface area contributed by atoms with Crippen LogP contribution in [-0.4, -0.2) is 44.2 Å². The Bertz CT molecular complexity index is 132. The Balaban J connectivity index is 2.27. The van der Waals surface area contributed by atoms with Crippen LogP contribution in [-0.2, 0) is 9.53 Å². The van der Waals surface area contributed by atoms with Crippen molar-refractivity contribution < 1.29 is 9.53 Å². The minimum absolute atomic E-state index is 0.337. The van der Waals surface area contributed by atoms with Crippen molar-refractivity contribution in [2.24, 2.45) is 0 Å². The SMILES string of the molecule is CC[C@H]1CN(BC=O)CCO1. The third-order valence-electron chi connectivity index (χ3n) is 2.01. The molecular weight excluding hydrogens is 141 g/mol. The van der Waals surface area contributed by atoms with E-state index >= 15 is 0 Å². The first-order chi connectivity index (χ1) is 5.36. The number of carbonyl (C=O) groups is 1. The highest BCUT2D eigenvalue weighted by Crippen LogP contribution is 2.05. The maximum atomic E-state index is 10.2. The van der Waals surface area contributed by atoms with E-state index in [1.165, 1.54) is 0 Å². The molecule has 11 heavy (non-hydrogen) atoms. The summed E-state index contributed by atoms with van der Waals surface area (Å²) in [6, 6.07) is 0. The summed E-state index contributed by atoms with van der Waals surface area (Å²) < 4.78 is 5.45. The summed E-state index contributed by atoms with van der Waals surface area (Å²) in [4.78, 5) is 12.3. The van der Waals surface area contributed by atoms with Crippen molar-refractivity contribution in [2.75, 3.05) is 19.7 Å². The van der Waals surface area contributed by atoms with Crippen LogP contribution in [0, 0.1) is 0 Å². The van der Waals surface area contributed by atoms with Crippen LogP contribution in [0.1, 0.15) is 13.3 Å². The standard InChI is InChI=1S/C7H14BNO2/c1-2-7-5-9(8-6-10)3-4-11-7/h6-8H,2-5H2,1H3/t7-/m0/s1. The lowest BCUT2D eigenvalue weighted by molar-refractivity contribution is -0.00304. The van der Waals surface area contributed by atoms with Gasteiger partial charge in [-0.1, -0.05) is 6.92 Å². The van der Waals surface area contributed by atoms with E-state index in [4.69, 9.17) is 4.74 Å². The molecule has 0 aromatic carbocycles. The van der Waals surface area contributed by atoms with E-state index in [0.717, 1.165) is 32.3 Å². The number of carbonyl (C=O) groups excluding carboxylic acids is 1. The molecule has 0 saturated carbocycles. The smallest absolute Gasteiger partial charge is 0.281 e. The van der Waals surface area contributed by atoms with Gasteiger partial charge in [-0.05, 0) is 6.42 Å². The molecule has 0 unspecified atom stereocenters. The summed E-state index contributed by atoms with van der Waals surface area (Å²) >= 11 is 0.